The third kappa shape index (κ3) is 1.69. The van der Waals surface area contributed by atoms with Crippen molar-refractivity contribution in [3.8, 4) is 0 Å². The molecule has 0 aromatic heterocycles. The molecule has 0 aromatic rings. The molecule has 0 fully saturated rings. The molecule has 3 nitrogen and oxygen atoms in total. The molecule has 0 saturated heterocycles. The van der Waals surface area contributed by atoms with Crippen LogP contribution in [0.15, 0.2) is 54.0 Å². The molecule has 0 bridgehead atoms. The molecule has 2 rings (SSSR count). The summed E-state index contributed by atoms with van der Waals surface area (Å²) in [4.78, 5) is 6.44. The summed E-state index contributed by atoms with van der Waals surface area (Å²) >= 11 is 0. The highest BCUT2D eigenvalue weighted by molar-refractivity contribution is 5.75. The standard InChI is InChI=1S/C13H17N3/c1-4-13(12-7-15-8-12)9-14-6-5-11(2)16(3)10-13/h4-7,9,15H,1-2,8,10H2,3H3/b6-5-,14-9?/t13-/m0/s1. The summed E-state index contributed by atoms with van der Waals surface area (Å²) in [5, 5.41) is 3.15. The molecule has 1 atom stereocenters. The fourth-order valence-corrected chi connectivity index (χ4v) is 1.90. The topological polar surface area (TPSA) is 27.6 Å². The first-order chi connectivity index (χ1) is 7.68. The van der Waals surface area contributed by atoms with Crippen molar-refractivity contribution in [3.63, 3.8) is 0 Å². The molecular weight excluding hydrogens is 198 g/mol. The molecule has 2 aliphatic rings. The second kappa shape index (κ2) is 4.00. The quantitative estimate of drug-likeness (QED) is 0.710. The van der Waals surface area contributed by atoms with Crippen molar-refractivity contribution in [3.05, 3.63) is 49.0 Å². The number of allylic oxidation sites excluding steroid dienone is 1. The predicted molar refractivity (Wildman–Crippen MR) is 68.1 cm³/mol. The summed E-state index contributed by atoms with van der Waals surface area (Å²) in [6, 6.07) is 0. The highest BCUT2D eigenvalue weighted by Gasteiger charge is 2.33. The fraction of sp³-hybridized carbons (Fsp3) is 0.308. The lowest BCUT2D eigenvalue weighted by Crippen LogP contribution is -2.43. The lowest BCUT2D eigenvalue weighted by atomic mass is 9.78. The number of hydrogen-bond donors (Lipinski definition) is 1. The van der Waals surface area contributed by atoms with E-state index in [2.05, 4.69) is 28.4 Å². The maximum Gasteiger partial charge on any atom is 0.0651 e. The normalized spacial score (nSPS) is 30.7. The smallest absolute Gasteiger partial charge is 0.0651 e. The Bertz CT molecular complexity index is 403. The Labute approximate surface area is 96.6 Å². The van der Waals surface area contributed by atoms with Crippen molar-refractivity contribution in [1.82, 2.24) is 10.2 Å². The van der Waals surface area contributed by atoms with Crippen LogP contribution in [-0.4, -0.2) is 31.3 Å². The molecular formula is C13H17N3. The van der Waals surface area contributed by atoms with E-state index in [-0.39, 0.29) is 5.41 Å². The maximum absolute atomic E-state index is 4.31. The van der Waals surface area contributed by atoms with Gasteiger partial charge in [-0.2, -0.15) is 0 Å². The SMILES string of the molecule is C=C[C@]1(C2=CNC2)C=N/C=C\C(=C)N(C)C1. The van der Waals surface area contributed by atoms with Gasteiger partial charge >= 0.3 is 0 Å². The second-order valence-corrected chi connectivity index (χ2v) is 4.24. The number of likely N-dealkylation sites (N-methyl/N-ethyl adjacent to an activating group) is 1. The van der Waals surface area contributed by atoms with E-state index in [1.165, 1.54) is 5.57 Å². The number of nitrogens with zero attached hydrogens (tertiary/aromatic N) is 2. The molecule has 0 aromatic carbocycles. The van der Waals surface area contributed by atoms with E-state index in [4.69, 9.17) is 0 Å². The molecule has 0 amide bonds. The Morgan fingerprint density at radius 3 is 2.94 bits per heavy atom. The molecule has 16 heavy (non-hydrogen) atoms. The van der Waals surface area contributed by atoms with Gasteiger partial charge < -0.3 is 10.2 Å². The third-order valence-corrected chi connectivity index (χ3v) is 3.18. The molecule has 0 spiro atoms. The van der Waals surface area contributed by atoms with Crippen LogP contribution >= 0.6 is 0 Å². The Morgan fingerprint density at radius 1 is 1.62 bits per heavy atom. The van der Waals surface area contributed by atoms with Gasteiger partial charge in [0, 0.05) is 38.2 Å². The summed E-state index contributed by atoms with van der Waals surface area (Å²) in [5.41, 5.74) is 2.12. The van der Waals surface area contributed by atoms with Gasteiger partial charge in [-0.1, -0.05) is 12.7 Å². The molecule has 2 heterocycles. The van der Waals surface area contributed by atoms with Crippen molar-refractivity contribution in [2.75, 3.05) is 20.1 Å². The van der Waals surface area contributed by atoms with Gasteiger partial charge in [-0.15, -0.1) is 6.58 Å². The summed E-state index contributed by atoms with van der Waals surface area (Å²) in [5.74, 6) is 0. The highest BCUT2D eigenvalue weighted by atomic mass is 15.1. The number of hydrogen-bond acceptors (Lipinski definition) is 3. The van der Waals surface area contributed by atoms with Crippen LogP contribution in [0.1, 0.15) is 0 Å². The molecule has 1 N–H and O–H groups in total. The van der Waals surface area contributed by atoms with E-state index in [0.29, 0.717) is 0 Å². The van der Waals surface area contributed by atoms with Crippen LogP contribution in [0.4, 0.5) is 0 Å². The van der Waals surface area contributed by atoms with Crippen molar-refractivity contribution in [2.45, 2.75) is 0 Å². The van der Waals surface area contributed by atoms with Gasteiger partial charge in [-0.25, -0.2) is 0 Å². The third-order valence-electron chi connectivity index (χ3n) is 3.18. The zero-order valence-corrected chi connectivity index (χ0v) is 9.61. The highest BCUT2D eigenvalue weighted by Crippen LogP contribution is 2.31. The zero-order valence-electron chi connectivity index (χ0n) is 9.61. The molecule has 3 heteroatoms. The van der Waals surface area contributed by atoms with E-state index in [0.717, 1.165) is 18.8 Å². The van der Waals surface area contributed by atoms with Crippen LogP contribution in [0.3, 0.4) is 0 Å². The van der Waals surface area contributed by atoms with E-state index in [1.54, 1.807) is 6.20 Å². The molecule has 0 aliphatic carbocycles. The lowest BCUT2D eigenvalue weighted by molar-refractivity contribution is 0.357. The minimum Gasteiger partial charge on any atom is -0.387 e. The van der Waals surface area contributed by atoms with Crippen LogP contribution in [0.25, 0.3) is 0 Å². The van der Waals surface area contributed by atoms with Crippen molar-refractivity contribution < 1.29 is 0 Å². The largest absolute Gasteiger partial charge is 0.387 e. The second-order valence-electron chi connectivity index (χ2n) is 4.24. The van der Waals surface area contributed by atoms with Gasteiger partial charge in [0.2, 0.25) is 0 Å². The van der Waals surface area contributed by atoms with Gasteiger partial charge in [-0.3, -0.25) is 4.99 Å². The minimum absolute atomic E-state index is 0.173. The van der Waals surface area contributed by atoms with E-state index in [1.807, 2.05) is 31.6 Å². The average Bonchev–Trinajstić information content (AvgIpc) is 2.19. The number of aliphatic imine (C=N–C) groups is 1. The molecule has 0 unspecified atom stereocenters. The monoisotopic (exact) mass is 215 g/mol. The Hall–Kier alpha value is -1.77. The first-order valence-corrected chi connectivity index (χ1v) is 5.35. The zero-order chi connectivity index (χ0) is 11.6. The van der Waals surface area contributed by atoms with Crippen LogP contribution in [0, 0.1) is 5.41 Å². The van der Waals surface area contributed by atoms with E-state index >= 15 is 0 Å². The van der Waals surface area contributed by atoms with Crippen molar-refractivity contribution >= 4 is 6.21 Å². The molecule has 0 saturated carbocycles. The molecule has 84 valence electrons. The van der Waals surface area contributed by atoms with Crippen LogP contribution < -0.4 is 5.32 Å². The van der Waals surface area contributed by atoms with Gasteiger partial charge in [0.25, 0.3) is 0 Å². The first-order valence-electron chi connectivity index (χ1n) is 5.35. The predicted octanol–water partition coefficient (Wildman–Crippen LogP) is 1.69. The Morgan fingerprint density at radius 2 is 2.38 bits per heavy atom. The van der Waals surface area contributed by atoms with Gasteiger partial charge in [-0.05, 0) is 17.8 Å². The molecule has 2 aliphatic heterocycles. The minimum atomic E-state index is -0.173. The lowest BCUT2D eigenvalue weighted by Gasteiger charge is -2.38. The van der Waals surface area contributed by atoms with Crippen LogP contribution in [0.5, 0.6) is 0 Å². The summed E-state index contributed by atoms with van der Waals surface area (Å²) in [6.45, 7) is 9.68. The number of rotatable bonds is 2. The Kier molecular flexibility index (Phi) is 2.69. The summed E-state index contributed by atoms with van der Waals surface area (Å²) < 4.78 is 0. The molecule has 0 radical (unpaired) electrons. The fourth-order valence-electron chi connectivity index (χ4n) is 1.90. The average molecular weight is 215 g/mol. The van der Waals surface area contributed by atoms with Crippen molar-refractivity contribution in [2.24, 2.45) is 10.4 Å². The summed E-state index contributed by atoms with van der Waals surface area (Å²) in [7, 11) is 2.04. The maximum atomic E-state index is 4.31. The van der Waals surface area contributed by atoms with E-state index in [9.17, 15) is 0 Å². The van der Waals surface area contributed by atoms with Gasteiger partial charge in [0.1, 0.15) is 0 Å². The Balaban J connectivity index is 2.37. The van der Waals surface area contributed by atoms with Crippen LogP contribution in [0.2, 0.25) is 0 Å². The van der Waals surface area contributed by atoms with E-state index < -0.39 is 0 Å². The number of nitrogens with one attached hydrogen (secondary N) is 1. The van der Waals surface area contributed by atoms with Gasteiger partial charge in [0.15, 0.2) is 0 Å². The van der Waals surface area contributed by atoms with Crippen LogP contribution in [-0.2, 0) is 0 Å². The first kappa shape index (κ1) is 10.7. The summed E-state index contributed by atoms with van der Waals surface area (Å²) in [6.07, 6.45) is 9.66. The van der Waals surface area contributed by atoms with Gasteiger partial charge in [0.05, 0.1) is 5.41 Å². The van der Waals surface area contributed by atoms with Crippen molar-refractivity contribution in [1.29, 1.82) is 0 Å².